The molecule has 0 N–H and O–H groups in total. The van der Waals surface area contributed by atoms with Gasteiger partial charge < -0.3 is 14.2 Å². The number of nitrogens with zero attached hydrogens (tertiary/aromatic N) is 3. The molecule has 0 saturated heterocycles. The second kappa shape index (κ2) is 11.9. The average Bonchev–Trinajstić information content (AvgIpc) is 2.81. The number of hydrogen-bond donors (Lipinski definition) is 0. The molecule has 0 fully saturated rings. The van der Waals surface area contributed by atoms with Gasteiger partial charge in [0.05, 0.1) is 34.8 Å². The van der Waals surface area contributed by atoms with Gasteiger partial charge in [-0.1, -0.05) is 22.9 Å². The van der Waals surface area contributed by atoms with Gasteiger partial charge in [-0.3, -0.25) is 4.79 Å². The predicted molar refractivity (Wildman–Crippen MR) is 141 cm³/mol. The summed E-state index contributed by atoms with van der Waals surface area (Å²) in [6.07, 6.45) is 2.06. The Balaban J connectivity index is 2.05. The van der Waals surface area contributed by atoms with Gasteiger partial charge in [0, 0.05) is 20.9 Å². The molecule has 3 aromatic rings. The largest absolute Gasteiger partial charge is 0.490 e. The van der Waals surface area contributed by atoms with Crippen molar-refractivity contribution in [3.8, 4) is 11.5 Å². The molecule has 11 heteroatoms. The summed E-state index contributed by atoms with van der Waals surface area (Å²) < 4.78 is 19.5. The van der Waals surface area contributed by atoms with Crippen LogP contribution in [0, 0.1) is 0 Å². The van der Waals surface area contributed by atoms with E-state index in [2.05, 4.69) is 57.9 Å². The molecule has 0 unspecified atom stereocenters. The van der Waals surface area contributed by atoms with Crippen molar-refractivity contribution in [3.63, 3.8) is 0 Å². The van der Waals surface area contributed by atoms with E-state index in [0.29, 0.717) is 55.8 Å². The first kappa shape index (κ1) is 26.4. The highest BCUT2D eigenvalue weighted by molar-refractivity contribution is 9.13. The van der Waals surface area contributed by atoms with Crippen LogP contribution in [0.4, 0.5) is 0 Å². The van der Waals surface area contributed by atoms with Crippen molar-refractivity contribution >= 4 is 70.9 Å². The molecule has 0 aliphatic heterocycles. The molecule has 0 radical (unpaired) electrons. The molecule has 1 heterocycles. The predicted octanol–water partition coefficient (Wildman–Crippen LogP) is 5.47. The highest BCUT2D eigenvalue weighted by atomic mass is 79.9. The SMILES string of the molecule is CCOC(=O)COc1c(OCC)cc(C=Nn2c(CC)nc3ccc(Br)cc3c2=O)c(Br)c1Br. The van der Waals surface area contributed by atoms with Gasteiger partial charge in [0.1, 0.15) is 5.82 Å². The van der Waals surface area contributed by atoms with E-state index in [1.807, 2.05) is 19.9 Å². The molecule has 0 amide bonds. The van der Waals surface area contributed by atoms with Gasteiger partial charge in [0.15, 0.2) is 18.1 Å². The first-order valence-corrected chi connectivity index (χ1v) is 12.9. The highest BCUT2D eigenvalue weighted by Gasteiger charge is 2.19. The van der Waals surface area contributed by atoms with Gasteiger partial charge in [0.2, 0.25) is 0 Å². The Morgan fingerprint density at radius 3 is 2.53 bits per heavy atom. The molecule has 0 aliphatic rings. The van der Waals surface area contributed by atoms with Crippen LogP contribution in [0.5, 0.6) is 11.5 Å². The highest BCUT2D eigenvalue weighted by Crippen LogP contribution is 2.42. The number of aryl methyl sites for hydroxylation is 1. The van der Waals surface area contributed by atoms with Crippen LogP contribution in [0.3, 0.4) is 0 Å². The first-order chi connectivity index (χ1) is 16.3. The monoisotopic (exact) mass is 657 g/mol. The number of ether oxygens (including phenoxy) is 3. The fraction of sp³-hybridized carbons (Fsp3) is 0.304. The third-order valence-corrected chi connectivity index (χ3v) is 7.24. The van der Waals surface area contributed by atoms with Crippen molar-refractivity contribution in [1.82, 2.24) is 9.66 Å². The van der Waals surface area contributed by atoms with Crippen LogP contribution in [0.15, 0.2) is 47.6 Å². The Kier molecular flexibility index (Phi) is 9.26. The number of carbonyl (C=O) groups is 1. The van der Waals surface area contributed by atoms with E-state index in [4.69, 9.17) is 14.2 Å². The molecule has 180 valence electrons. The lowest BCUT2D eigenvalue weighted by molar-refractivity contribution is -0.145. The summed E-state index contributed by atoms with van der Waals surface area (Å²) in [6.45, 7) is 5.85. The Morgan fingerprint density at radius 2 is 1.85 bits per heavy atom. The number of benzene rings is 2. The number of esters is 1. The van der Waals surface area contributed by atoms with Crippen molar-refractivity contribution in [3.05, 3.63) is 59.4 Å². The lowest BCUT2D eigenvalue weighted by Crippen LogP contribution is -2.22. The normalized spacial score (nSPS) is 11.2. The van der Waals surface area contributed by atoms with E-state index in [0.717, 1.165) is 4.47 Å². The van der Waals surface area contributed by atoms with Gasteiger partial charge in [-0.05, 0) is 70.0 Å². The smallest absolute Gasteiger partial charge is 0.344 e. The molecule has 0 bridgehead atoms. The lowest BCUT2D eigenvalue weighted by Gasteiger charge is -2.16. The number of halogens is 3. The van der Waals surface area contributed by atoms with Gasteiger partial charge in [-0.15, -0.1) is 0 Å². The zero-order valence-electron chi connectivity index (χ0n) is 18.7. The third-order valence-electron chi connectivity index (χ3n) is 4.60. The summed E-state index contributed by atoms with van der Waals surface area (Å²) in [5.74, 6) is 0.806. The molecular weight excluding hydrogens is 638 g/mol. The standard InChI is InChI=1S/C23H22Br3N3O5/c1-4-18-28-16-8-7-14(24)10-15(16)23(31)29(18)27-11-13-9-17(32-5-2)22(21(26)20(13)25)34-12-19(30)33-6-3/h7-11H,4-6,12H2,1-3H3. The number of aromatic nitrogens is 2. The van der Waals surface area contributed by atoms with Crippen LogP contribution in [0.2, 0.25) is 0 Å². The average molecular weight is 660 g/mol. The summed E-state index contributed by atoms with van der Waals surface area (Å²) in [4.78, 5) is 29.5. The molecule has 0 spiro atoms. The fourth-order valence-electron chi connectivity index (χ4n) is 3.09. The second-order valence-electron chi connectivity index (χ2n) is 6.85. The summed E-state index contributed by atoms with van der Waals surface area (Å²) in [6, 6.07) is 7.08. The summed E-state index contributed by atoms with van der Waals surface area (Å²) in [5, 5.41) is 4.90. The summed E-state index contributed by atoms with van der Waals surface area (Å²) >= 11 is 10.4. The van der Waals surface area contributed by atoms with E-state index >= 15 is 0 Å². The van der Waals surface area contributed by atoms with Crippen LogP contribution in [0.1, 0.15) is 32.2 Å². The zero-order valence-corrected chi connectivity index (χ0v) is 23.5. The minimum Gasteiger partial charge on any atom is -0.490 e. The maximum atomic E-state index is 13.1. The van der Waals surface area contributed by atoms with E-state index in [1.165, 1.54) is 4.68 Å². The fourth-order valence-corrected chi connectivity index (χ4v) is 4.39. The number of fused-ring (bicyclic) bond motifs is 1. The lowest BCUT2D eigenvalue weighted by atomic mass is 10.2. The van der Waals surface area contributed by atoms with E-state index in [-0.39, 0.29) is 18.8 Å². The van der Waals surface area contributed by atoms with Crippen molar-refractivity contribution in [2.24, 2.45) is 5.10 Å². The van der Waals surface area contributed by atoms with Crippen LogP contribution in [-0.4, -0.2) is 41.7 Å². The van der Waals surface area contributed by atoms with Crippen LogP contribution >= 0.6 is 47.8 Å². The maximum Gasteiger partial charge on any atom is 0.344 e. The zero-order chi connectivity index (χ0) is 24.8. The molecule has 3 rings (SSSR count). The maximum absolute atomic E-state index is 13.1. The molecule has 0 aliphatic carbocycles. The minimum absolute atomic E-state index is 0.264. The van der Waals surface area contributed by atoms with E-state index in [9.17, 15) is 9.59 Å². The Bertz CT molecular complexity index is 1310. The van der Waals surface area contributed by atoms with Gasteiger partial charge in [-0.2, -0.15) is 9.78 Å². The number of rotatable bonds is 9. The number of carbonyl (C=O) groups excluding carboxylic acids is 1. The Labute approximate surface area is 221 Å². The molecule has 0 saturated carbocycles. The van der Waals surface area contributed by atoms with E-state index < -0.39 is 5.97 Å². The quantitative estimate of drug-likeness (QED) is 0.224. The molecule has 2 aromatic carbocycles. The van der Waals surface area contributed by atoms with Crippen LogP contribution in [-0.2, 0) is 16.0 Å². The Morgan fingerprint density at radius 1 is 1.09 bits per heavy atom. The third kappa shape index (κ3) is 5.87. The molecule has 0 atom stereocenters. The minimum atomic E-state index is -0.486. The molecule has 34 heavy (non-hydrogen) atoms. The van der Waals surface area contributed by atoms with Crippen molar-refractivity contribution < 1.29 is 19.0 Å². The molecule has 8 nitrogen and oxygen atoms in total. The number of hydrogen-bond acceptors (Lipinski definition) is 7. The van der Waals surface area contributed by atoms with Gasteiger partial charge in [0.25, 0.3) is 5.56 Å². The molecule has 1 aromatic heterocycles. The van der Waals surface area contributed by atoms with Crippen LogP contribution < -0.4 is 15.0 Å². The molecular formula is C23H22Br3N3O5. The second-order valence-corrected chi connectivity index (χ2v) is 9.35. The van der Waals surface area contributed by atoms with Gasteiger partial charge in [-0.25, -0.2) is 9.78 Å². The van der Waals surface area contributed by atoms with E-state index in [1.54, 1.807) is 31.3 Å². The van der Waals surface area contributed by atoms with Crippen molar-refractivity contribution in [1.29, 1.82) is 0 Å². The first-order valence-electron chi connectivity index (χ1n) is 10.5. The van der Waals surface area contributed by atoms with Gasteiger partial charge >= 0.3 is 5.97 Å². The van der Waals surface area contributed by atoms with Crippen molar-refractivity contribution in [2.75, 3.05) is 19.8 Å². The van der Waals surface area contributed by atoms with Crippen molar-refractivity contribution in [2.45, 2.75) is 27.2 Å². The Hall–Kier alpha value is -2.24. The topological polar surface area (TPSA) is 92.0 Å². The summed E-state index contributed by atoms with van der Waals surface area (Å²) in [5.41, 5.74) is 0.971. The van der Waals surface area contributed by atoms with Crippen LogP contribution in [0.25, 0.3) is 10.9 Å². The summed E-state index contributed by atoms with van der Waals surface area (Å²) in [7, 11) is 0.